The highest BCUT2D eigenvalue weighted by atomic mass is 79.9. The quantitative estimate of drug-likeness (QED) is 0.859. The number of hydrogen-bond donors (Lipinski definition) is 1. The number of aryl methyl sites for hydroxylation is 1. The number of anilines is 2. The molecule has 0 atom stereocenters. The first kappa shape index (κ1) is 14.7. The van der Waals surface area contributed by atoms with Gasteiger partial charge in [0.05, 0.1) is 18.5 Å². The van der Waals surface area contributed by atoms with Crippen molar-refractivity contribution in [2.75, 3.05) is 24.8 Å². The molecule has 2 N–H and O–H groups in total. The van der Waals surface area contributed by atoms with Gasteiger partial charge < -0.3 is 15.4 Å². The molecular formula is C16H19BrN2O. The van der Waals surface area contributed by atoms with Crippen molar-refractivity contribution in [2.45, 2.75) is 13.5 Å². The van der Waals surface area contributed by atoms with E-state index in [0.717, 1.165) is 33.7 Å². The van der Waals surface area contributed by atoms with E-state index in [2.05, 4.69) is 39.9 Å². The third-order valence-electron chi connectivity index (χ3n) is 3.28. The third kappa shape index (κ3) is 3.25. The molecule has 0 spiro atoms. The van der Waals surface area contributed by atoms with Crippen LogP contribution in [0.25, 0.3) is 0 Å². The van der Waals surface area contributed by atoms with E-state index in [1.54, 1.807) is 7.11 Å². The van der Waals surface area contributed by atoms with E-state index in [4.69, 9.17) is 10.5 Å². The molecule has 0 aliphatic carbocycles. The lowest BCUT2D eigenvalue weighted by Crippen LogP contribution is -2.17. The molecule has 0 amide bonds. The molecule has 0 aliphatic heterocycles. The molecule has 0 aromatic heterocycles. The summed E-state index contributed by atoms with van der Waals surface area (Å²) < 4.78 is 6.28. The van der Waals surface area contributed by atoms with Gasteiger partial charge in [0, 0.05) is 18.1 Å². The SMILES string of the molecule is COc1ccc(CN(C)c2ccc(Br)cc2N)cc1C. The lowest BCUT2D eigenvalue weighted by Gasteiger charge is -2.22. The maximum atomic E-state index is 6.06. The van der Waals surface area contributed by atoms with Crippen molar-refractivity contribution < 1.29 is 4.74 Å². The fourth-order valence-electron chi connectivity index (χ4n) is 2.27. The van der Waals surface area contributed by atoms with Gasteiger partial charge in [0.2, 0.25) is 0 Å². The Labute approximate surface area is 128 Å². The molecule has 0 unspecified atom stereocenters. The van der Waals surface area contributed by atoms with Crippen LogP contribution in [0.1, 0.15) is 11.1 Å². The van der Waals surface area contributed by atoms with Gasteiger partial charge in [-0.1, -0.05) is 28.1 Å². The molecule has 0 saturated heterocycles. The number of ether oxygens (including phenoxy) is 1. The summed E-state index contributed by atoms with van der Waals surface area (Å²) in [6.07, 6.45) is 0. The molecule has 0 radical (unpaired) electrons. The van der Waals surface area contributed by atoms with Crippen LogP contribution < -0.4 is 15.4 Å². The van der Waals surface area contributed by atoms with Crippen molar-refractivity contribution in [3.63, 3.8) is 0 Å². The Hall–Kier alpha value is -1.68. The van der Waals surface area contributed by atoms with Crippen molar-refractivity contribution in [1.29, 1.82) is 0 Å². The van der Waals surface area contributed by atoms with Crippen LogP contribution in [0.4, 0.5) is 11.4 Å². The highest BCUT2D eigenvalue weighted by molar-refractivity contribution is 9.10. The number of halogens is 1. The molecule has 20 heavy (non-hydrogen) atoms. The van der Waals surface area contributed by atoms with Gasteiger partial charge in [-0.05, 0) is 42.3 Å². The van der Waals surface area contributed by atoms with E-state index in [9.17, 15) is 0 Å². The van der Waals surface area contributed by atoms with E-state index in [1.165, 1.54) is 5.56 Å². The molecule has 2 aromatic carbocycles. The number of nitrogen functional groups attached to an aromatic ring is 1. The maximum absolute atomic E-state index is 6.06. The molecule has 0 fully saturated rings. The van der Waals surface area contributed by atoms with Crippen molar-refractivity contribution in [1.82, 2.24) is 0 Å². The molecule has 0 heterocycles. The summed E-state index contributed by atoms with van der Waals surface area (Å²) >= 11 is 3.43. The highest BCUT2D eigenvalue weighted by Crippen LogP contribution is 2.27. The summed E-state index contributed by atoms with van der Waals surface area (Å²) in [7, 11) is 3.73. The summed E-state index contributed by atoms with van der Waals surface area (Å²) in [5.41, 5.74) is 10.2. The van der Waals surface area contributed by atoms with Crippen LogP contribution in [0.15, 0.2) is 40.9 Å². The highest BCUT2D eigenvalue weighted by Gasteiger charge is 2.07. The van der Waals surface area contributed by atoms with Gasteiger partial charge in [-0.2, -0.15) is 0 Å². The van der Waals surface area contributed by atoms with Gasteiger partial charge >= 0.3 is 0 Å². The number of hydrogen-bond acceptors (Lipinski definition) is 3. The first-order valence-corrected chi connectivity index (χ1v) is 7.20. The topological polar surface area (TPSA) is 38.5 Å². The van der Waals surface area contributed by atoms with Gasteiger partial charge in [0.1, 0.15) is 5.75 Å². The van der Waals surface area contributed by atoms with Crippen LogP contribution in [-0.4, -0.2) is 14.2 Å². The Bertz CT molecular complexity index is 613. The molecule has 106 valence electrons. The van der Waals surface area contributed by atoms with E-state index in [0.29, 0.717) is 0 Å². The fourth-order valence-corrected chi connectivity index (χ4v) is 2.65. The van der Waals surface area contributed by atoms with Gasteiger partial charge in [-0.3, -0.25) is 0 Å². The Morgan fingerprint density at radius 3 is 2.55 bits per heavy atom. The zero-order valence-corrected chi connectivity index (χ0v) is 13.6. The third-order valence-corrected chi connectivity index (χ3v) is 3.77. The average molecular weight is 335 g/mol. The minimum absolute atomic E-state index is 0.770. The van der Waals surface area contributed by atoms with Gasteiger partial charge in [0.15, 0.2) is 0 Å². The Balaban J connectivity index is 2.18. The molecule has 0 aliphatic rings. The normalized spacial score (nSPS) is 10.4. The average Bonchev–Trinajstić information content (AvgIpc) is 2.38. The lowest BCUT2D eigenvalue weighted by molar-refractivity contribution is 0.411. The number of nitrogens with zero attached hydrogens (tertiary/aromatic N) is 1. The van der Waals surface area contributed by atoms with Crippen LogP contribution in [0, 0.1) is 6.92 Å². The predicted molar refractivity (Wildman–Crippen MR) is 88.4 cm³/mol. The first-order chi connectivity index (χ1) is 9.51. The summed E-state index contributed by atoms with van der Waals surface area (Å²) in [4.78, 5) is 2.14. The van der Waals surface area contributed by atoms with Crippen LogP contribution in [0.5, 0.6) is 5.75 Å². The maximum Gasteiger partial charge on any atom is 0.121 e. The van der Waals surface area contributed by atoms with E-state index < -0.39 is 0 Å². The van der Waals surface area contributed by atoms with E-state index in [1.807, 2.05) is 31.3 Å². The molecule has 3 nitrogen and oxygen atoms in total. The molecule has 0 bridgehead atoms. The van der Waals surface area contributed by atoms with Crippen molar-refractivity contribution in [2.24, 2.45) is 0 Å². The second-order valence-electron chi connectivity index (χ2n) is 4.86. The van der Waals surface area contributed by atoms with Crippen LogP contribution >= 0.6 is 15.9 Å². The van der Waals surface area contributed by atoms with E-state index >= 15 is 0 Å². The Morgan fingerprint density at radius 2 is 1.95 bits per heavy atom. The number of benzene rings is 2. The van der Waals surface area contributed by atoms with Gasteiger partial charge in [0.25, 0.3) is 0 Å². The zero-order chi connectivity index (χ0) is 14.7. The van der Waals surface area contributed by atoms with Gasteiger partial charge in [-0.25, -0.2) is 0 Å². The smallest absolute Gasteiger partial charge is 0.121 e. The molecule has 2 aromatic rings. The van der Waals surface area contributed by atoms with E-state index in [-0.39, 0.29) is 0 Å². The summed E-state index contributed by atoms with van der Waals surface area (Å²) in [6.45, 7) is 2.85. The Kier molecular flexibility index (Phi) is 4.55. The summed E-state index contributed by atoms with van der Waals surface area (Å²) in [5, 5.41) is 0. The predicted octanol–water partition coefficient (Wildman–Crippen LogP) is 3.98. The fraction of sp³-hybridized carbons (Fsp3) is 0.250. The Morgan fingerprint density at radius 1 is 1.20 bits per heavy atom. The summed E-state index contributed by atoms with van der Waals surface area (Å²) in [6, 6.07) is 12.2. The number of nitrogens with two attached hydrogens (primary N) is 1. The second kappa shape index (κ2) is 6.18. The zero-order valence-electron chi connectivity index (χ0n) is 12.0. The molecule has 2 rings (SSSR count). The molecule has 0 saturated carbocycles. The first-order valence-electron chi connectivity index (χ1n) is 6.41. The monoisotopic (exact) mass is 334 g/mol. The number of rotatable bonds is 4. The number of methoxy groups -OCH3 is 1. The van der Waals surface area contributed by atoms with Crippen molar-refractivity contribution in [3.8, 4) is 5.75 Å². The van der Waals surface area contributed by atoms with Crippen molar-refractivity contribution >= 4 is 27.3 Å². The summed E-state index contributed by atoms with van der Waals surface area (Å²) in [5.74, 6) is 0.916. The minimum Gasteiger partial charge on any atom is -0.496 e. The minimum atomic E-state index is 0.770. The van der Waals surface area contributed by atoms with Crippen LogP contribution in [-0.2, 0) is 6.54 Å². The van der Waals surface area contributed by atoms with Crippen molar-refractivity contribution in [3.05, 3.63) is 52.0 Å². The van der Waals surface area contributed by atoms with Gasteiger partial charge in [-0.15, -0.1) is 0 Å². The second-order valence-corrected chi connectivity index (χ2v) is 5.78. The molecule has 4 heteroatoms. The van der Waals surface area contributed by atoms with Crippen LogP contribution in [0.2, 0.25) is 0 Å². The lowest BCUT2D eigenvalue weighted by atomic mass is 10.1. The largest absolute Gasteiger partial charge is 0.496 e. The molecular weight excluding hydrogens is 316 g/mol. The standard InChI is InChI=1S/C16H19BrN2O/c1-11-8-12(4-7-16(11)20-3)10-19(2)15-6-5-13(17)9-14(15)18/h4-9H,10,18H2,1-3H3. The van der Waals surface area contributed by atoms with Crippen LogP contribution in [0.3, 0.4) is 0 Å².